The monoisotopic (exact) mass is 404 g/mol. The summed E-state index contributed by atoms with van der Waals surface area (Å²) in [6.45, 7) is 1.73. The van der Waals surface area contributed by atoms with Crippen molar-refractivity contribution in [1.29, 1.82) is 0 Å². The number of benzene rings is 3. The lowest BCUT2D eigenvalue weighted by Crippen LogP contribution is -2.32. The molecule has 144 valence electrons. The van der Waals surface area contributed by atoms with Gasteiger partial charge in [0.25, 0.3) is 0 Å². The van der Waals surface area contributed by atoms with Crippen LogP contribution in [0, 0.1) is 0 Å². The Bertz CT molecular complexity index is 1140. The number of anilines is 2. The number of halogens is 1. The van der Waals surface area contributed by atoms with Gasteiger partial charge in [-0.3, -0.25) is 14.4 Å². The predicted octanol–water partition coefficient (Wildman–Crippen LogP) is 4.55. The van der Waals surface area contributed by atoms with E-state index in [4.69, 9.17) is 11.6 Å². The Kier molecular flexibility index (Phi) is 4.91. The Balaban J connectivity index is 1.53. The van der Waals surface area contributed by atoms with Crippen molar-refractivity contribution in [3.05, 3.63) is 94.0 Å². The van der Waals surface area contributed by atoms with E-state index in [1.54, 1.807) is 73.7 Å². The molecule has 0 heterocycles. The van der Waals surface area contributed by atoms with Crippen molar-refractivity contribution in [2.45, 2.75) is 13.0 Å². The molecule has 1 amide bonds. The molecule has 1 atom stereocenters. The fourth-order valence-electron chi connectivity index (χ4n) is 3.29. The molecule has 0 radical (unpaired) electrons. The minimum Gasteiger partial charge on any atom is -0.374 e. The number of fused-ring (bicyclic) bond motifs is 2. The Morgan fingerprint density at radius 1 is 0.793 bits per heavy atom. The normalized spacial score (nSPS) is 13.3. The molecule has 0 aromatic heterocycles. The first-order valence-corrected chi connectivity index (χ1v) is 9.47. The van der Waals surface area contributed by atoms with Crippen LogP contribution in [0.15, 0.2) is 66.7 Å². The van der Waals surface area contributed by atoms with Crippen LogP contribution in [-0.2, 0) is 4.79 Å². The molecule has 3 aromatic rings. The lowest BCUT2D eigenvalue weighted by atomic mass is 9.84. The number of amides is 1. The van der Waals surface area contributed by atoms with Gasteiger partial charge in [-0.25, -0.2) is 0 Å². The molecule has 0 spiro atoms. The van der Waals surface area contributed by atoms with Crippen molar-refractivity contribution in [2.24, 2.45) is 0 Å². The maximum absolute atomic E-state index is 12.8. The van der Waals surface area contributed by atoms with E-state index in [9.17, 15) is 14.4 Å². The van der Waals surface area contributed by atoms with Crippen molar-refractivity contribution in [2.75, 3.05) is 10.6 Å². The number of ketones is 2. The van der Waals surface area contributed by atoms with Crippen LogP contribution in [-0.4, -0.2) is 23.5 Å². The molecule has 4 rings (SSSR count). The van der Waals surface area contributed by atoms with Gasteiger partial charge in [-0.2, -0.15) is 0 Å². The molecule has 29 heavy (non-hydrogen) atoms. The van der Waals surface area contributed by atoms with E-state index in [0.29, 0.717) is 33.0 Å². The largest absolute Gasteiger partial charge is 0.374 e. The van der Waals surface area contributed by atoms with Crippen molar-refractivity contribution < 1.29 is 14.4 Å². The lowest BCUT2D eigenvalue weighted by Gasteiger charge is -2.19. The zero-order valence-electron chi connectivity index (χ0n) is 15.5. The zero-order valence-corrected chi connectivity index (χ0v) is 16.3. The number of hydrogen-bond acceptors (Lipinski definition) is 4. The van der Waals surface area contributed by atoms with Crippen molar-refractivity contribution in [3.8, 4) is 0 Å². The second-order valence-electron chi connectivity index (χ2n) is 6.83. The summed E-state index contributed by atoms with van der Waals surface area (Å²) < 4.78 is 0. The summed E-state index contributed by atoms with van der Waals surface area (Å²) in [5.41, 5.74) is 2.65. The van der Waals surface area contributed by atoms with E-state index in [1.807, 2.05) is 0 Å². The summed E-state index contributed by atoms with van der Waals surface area (Å²) in [4.78, 5) is 38.0. The molecule has 0 fully saturated rings. The molecule has 3 aromatic carbocycles. The lowest BCUT2D eigenvalue weighted by molar-refractivity contribution is -0.116. The quantitative estimate of drug-likeness (QED) is 0.523. The Morgan fingerprint density at radius 2 is 1.34 bits per heavy atom. The van der Waals surface area contributed by atoms with Gasteiger partial charge in [0, 0.05) is 38.7 Å². The summed E-state index contributed by atoms with van der Waals surface area (Å²) >= 11 is 5.87. The number of carbonyl (C=O) groups is 3. The minimum atomic E-state index is -0.523. The third kappa shape index (κ3) is 3.65. The van der Waals surface area contributed by atoms with Crippen LogP contribution in [0.5, 0.6) is 0 Å². The first kappa shape index (κ1) is 18.9. The maximum atomic E-state index is 12.8. The second kappa shape index (κ2) is 7.53. The summed E-state index contributed by atoms with van der Waals surface area (Å²) in [5, 5.41) is 6.49. The minimum absolute atomic E-state index is 0.189. The van der Waals surface area contributed by atoms with E-state index in [2.05, 4.69) is 10.6 Å². The average molecular weight is 405 g/mol. The van der Waals surface area contributed by atoms with Gasteiger partial charge >= 0.3 is 0 Å². The fraction of sp³-hybridized carbons (Fsp3) is 0.0870. The Hall–Kier alpha value is -3.44. The van der Waals surface area contributed by atoms with E-state index in [0.717, 1.165) is 5.69 Å². The van der Waals surface area contributed by atoms with Gasteiger partial charge < -0.3 is 10.6 Å². The molecule has 1 aliphatic rings. The van der Waals surface area contributed by atoms with E-state index in [1.165, 1.54) is 0 Å². The smallest absolute Gasteiger partial charge is 0.246 e. The number of carbonyl (C=O) groups excluding carboxylic acids is 3. The molecule has 6 heteroatoms. The van der Waals surface area contributed by atoms with Crippen LogP contribution in [0.4, 0.5) is 11.4 Å². The highest BCUT2D eigenvalue weighted by atomic mass is 35.5. The standard InChI is InChI=1S/C23H17ClN2O3/c1-13(25-15-8-6-14(24)7-9-15)23(29)26-16-10-11-19-20(12-16)22(28)18-5-3-2-4-17(18)21(19)27/h2-13,25H,1H3,(H,26,29)/t13-/m1/s1. The third-order valence-electron chi connectivity index (χ3n) is 4.81. The number of hydrogen-bond donors (Lipinski definition) is 2. The zero-order chi connectivity index (χ0) is 20.5. The van der Waals surface area contributed by atoms with Gasteiger partial charge in [-0.05, 0) is 49.4 Å². The first-order valence-electron chi connectivity index (χ1n) is 9.09. The molecular weight excluding hydrogens is 388 g/mol. The second-order valence-corrected chi connectivity index (χ2v) is 7.26. The van der Waals surface area contributed by atoms with E-state index in [-0.39, 0.29) is 17.5 Å². The highest BCUT2D eigenvalue weighted by Gasteiger charge is 2.29. The molecule has 0 saturated carbocycles. The molecule has 0 bridgehead atoms. The third-order valence-corrected chi connectivity index (χ3v) is 5.07. The summed E-state index contributed by atoms with van der Waals surface area (Å²) in [6, 6.07) is 18.0. The highest BCUT2D eigenvalue weighted by molar-refractivity contribution is 6.30. The van der Waals surface area contributed by atoms with Crippen LogP contribution in [0.1, 0.15) is 38.8 Å². The van der Waals surface area contributed by atoms with Crippen LogP contribution in [0.2, 0.25) is 5.02 Å². The van der Waals surface area contributed by atoms with E-state index >= 15 is 0 Å². The predicted molar refractivity (Wildman–Crippen MR) is 113 cm³/mol. The maximum Gasteiger partial charge on any atom is 0.246 e. The molecular formula is C23H17ClN2O3. The van der Waals surface area contributed by atoms with Crippen LogP contribution >= 0.6 is 11.6 Å². The van der Waals surface area contributed by atoms with Crippen molar-refractivity contribution in [1.82, 2.24) is 0 Å². The topological polar surface area (TPSA) is 75.3 Å². The number of nitrogens with one attached hydrogen (secondary N) is 2. The average Bonchev–Trinajstić information content (AvgIpc) is 2.73. The molecule has 1 aliphatic carbocycles. The van der Waals surface area contributed by atoms with Gasteiger partial charge in [0.1, 0.15) is 6.04 Å². The van der Waals surface area contributed by atoms with E-state index < -0.39 is 6.04 Å². The van der Waals surface area contributed by atoms with Crippen LogP contribution in [0.3, 0.4) is 0 Å². The Labute approximate surface area is 172 Å². The van der Waals surface area contributed by atoms with Gasteiger partial charge in [-0.1, -0.05) is 35.9 Å². The van der Waals surface area contributed by atoms with Crippen LogP contribution < -0.4 is 10.6 Å². The SMILES string of the molecule is C[C@@H](Nc1ccc(Cl)cc1)C(=O)Nc1ccc2c(c1)C(=O)c1ccccc1C2=O. The fourth-order valence-corrected chi connectivity index (χ4v) is 3.42. The van der Waals surface area contributed by atoms with Crippen molar-refractivity contribution in [3.63, 3.8) is 0 Å². The van der Waals surface area contributed by atoms with Crippen molar-refractivity contribution >= 4 is 40.4 Å². The molecule has 0 saturated heterocycles. The summed E-state index contributed by atoms with van der Waals surface area (Å²) in [7, 11) is 0. The molecule has 2 N–H and O–H groups in total. The van der Waals surface area contributed by atoms with Gasteiger partial charge in [0.15, 0.2) is 11.6 Å². The van der Waals surface area contributed by atoms with Gasteiger partial charge in [0.05, 0.1) is 0 Å². The van der Waals surface area contributed by atoms with Gasteiger partial charge in [0.2, 0.25) is 5.91 Å². The molecule has 5 nitrogen and oxygen atoms in total. The summed E-state index contributed by atoms with van der Waals surface area (Å²) in [6.07, 6.45) is 0. The van der Waals surface area contributed by atoms with Crippen LogP contribution in [0.25, 0.3) is 0 Å². The first-order chi connectivity index (χ1) is 13.9. The molecule has 0 aliphatic heterocycles. The summed E-state index contributed by atoms with van der Waals surface area (Å²) in [5.74, 6) is -0.681. The molecule has 0 unspecified atom stereocenters. The highest BCUT2D eigenvalue weighted by Crippen LogP contribution is 2.29. The number of rotatable bonds is 4. The van der Waals surface area contributed by atoms with Gasteiger partial charge in [-0.15, -0.1) is 0 Å². The Morgan fingerprint density at radius 3 is 2.00 bits per heavy atom.